The Morgan fingerprint density at radius 3 is 2.62 bits per heavy atom. The Morgan fingerprint density at radius 2 is 2.10 bits per heavy atom. The van der Waals surface area contributed by atoms with Gasteiger partial charge in [-0.3, -0.25) is 9.89 Å². The largest absolute Gasteiger partial charge is 0.331 e. The molecule has 1 saturated heterocycles. The van der Waals surface area contributed by atoms with Crippen molar-refractivity contribution in [3.8, 4) is 0 Å². The van der Waals surface area contributed by atoms with Crippen molar-refractivity contribution in [2.45, 2.75) is 64.0 Å². The smallest absolute Gasteiger partial charge is 0.293 e. The van der Waals surface area contributed by atoms with E-state index in [0.717, 1.165) is 38.2 Å². The second kappa shape index (κ2) is 5.40. The summed E-state index contributed by atoms with van der Waals surface area (Å²) in [6.07, 6.45) is 4.56. The van der Waals surface area contributed by atoms with Gasteiger partial charge < -0.3 is 10.2 Å². The van der Waals surface area contributed by atoms with Gasteiger partial charge in [-0.25, -0.2) is 4.98 Å². The molecule has 1 aromatic rings. The molecule has 1 aliphatic heterocycles. The second-order valence-electron chi connectivity index (χ2n) is 7.24. The molecule has 0 aromatic carbocycles. The Hall–Kier alpha value is -1.43. The third kappa shape index (κ3) is 3.26. The molecule has 21 heavy (non-hydrogen) atoms. The monoisotopic (exact) mass is 291 g/mol. The van der Waals surface area contributed by atoms with Crippen LogP contribution in [0.25, 0.3) is 0 Å². The van der Waals surface area contributed by atoms with Crippen LogP contribution in [0.1, 0.15) is 62.9 Å². The van der Waals surface area contributed by atoms with E-state index in [2.05, 4.69) is 41.3 Å². The minimum Gasteiger partial charge on any atom is -0.331 e. The van der Waals surface area contributed by atoms with Crippen molar-refractivity contribution in [2.75, 3.05) is 13.1 Å². The van der Waals surface area contributed by atoms with E-state index in [-0.39, 0.29) is 11.3 Å². The average molecular weight is 291 g/mol. The van der Waals surface area contributed by atoms with Crippen molar-refractivity contribution < 1.29 is 4.79 Å². The van der Waals surface area contributed by atoms with E-state index in [1.165, 1.54) is 6.42 Å². The maximum atomic E-state index is 12.7. The molecule has 0 bridgehead atoms. The lowest BCUT2D eigenvalue weighted by Crippen LogP contribution is -2.42. The van der Waals surface area contributed by atoms with E-state index in [1.807, 2.05) is 4.90 Å². The fourth-order valence-electron chi connectivity index (χ4n) is 2.76. The Kier molecular flexibility index (Phi) is 3.73. The minimum atomic E-state index is -0.122. The molecule has 1 atom stereocenters. The number of H-pyrrole nitrogens is 1. The van der Waals surface area contributed by atoms with Crippen LogP contribution < -0.4 is 5.32 Å². The highest BCUT2D eigenvalue weighted by Gasteiger charge is 2.36. The number of aromatic nitrogens is 3. The Bertz CT molecular complexity index is 508. The number of nitrogens with one attached hydrogen (secondary N) is 2. The molecule has 0 spiro atoms. The lowest BCUT2D eigenvalue weighted by Gasteiger charge is -2.24. The second-order valence-corrected chi connectivity index (χ2v) is 7.24. The van der Waals surface area contributed by atoms with Crippen molar-refractivity contribution in [1.29, 1.82) is 0 Å². The molecule has 116 valence electrons. The lowest BCUT2D eigenvalue weighted by atomic mass is 9.96. The van der Waals surface area contributed by atoms with Gasteiger partial charge in [-0.15, -0.1) is 5.10 Å². The summed E-state index contributed by atoms with van der Waals surface area (Å²) >= 11 is 0. The van der Waals surface area contributed by atoms with Crippen LogP contribution in [0.4, 0.5) is 0 Å². The topological polar surface area (TPSA) is 73.9 Å². The Morgan fingerprint density at radius 1 is 1.33 bits per heavy atom. The number of carbonyl (C=O) groups excluding carboxylic acids is 1. The van der Waals surface area contributed by atoms with E-state index >= 15 is 0 Å². The van der Waals surface area contributed by atoms with Gasteiger partial charge in [0, 0.05) is 24.0 Å². The van der Waals surface area contributed by atoms with Gasteiger partial charge in [0.2, 0.25) is 5.82 Å². The fraction of sp³-hybridized carbons (Fsp3) is 0.800. The Labute approximate surface area is 125 Å². The maximum absolute atomic E-state index is 12.7. The van der Waals surface area contributed by atoms with Crippen molar-refractivity contribution in [3.05, 3.63) is 11.6 Å². The molecule has 1 amide bonds. The van der Waals surface area contributed by atoms with Gasteiger partial charge in [-0.05, 0) is 32.2 Å². The molecular weight excluding hydrogens is 266 g/mol. The summed E-state index contributed by atoms with van der Waals surface area (Å²) in [5.74, 6) is 1.04. The van der Waals surface area contributed by atoms with Crippen LogP contribution in [-0.4, -0.2) is 51.2 Å². The van der Waals surface area contributed by atoms with E-state index in [1.54, 1.807) is 0 Å². The van der Waals surface area contributed by atoms with Gasteiger partial charge in [0.05, 0.1) is 0 Å². The molecule has 1 unspecified atom stereocenters. The van der Waals surface area contributed by atoms with Crippen LogP contribution in [0.15, 0.2) is 0 Å². The molecule has 1 saturated carbocycles. The van der Waals surface area contributed by atoms with E-state index in [9.17, 15) is 4.79 Å². The number of hydrogen-bond donors (Lipinski definition) is 2. The van der Waals surface area contributed by atoms with Crippen LogP contribution in [-0.2, 0) is 5.41 Å². The highest BCUT2D eigenvalue weighted by atomic mass is 16.2. The number of rotatable bonds is 4. The number of hydrogen-bond acceptors (Lipinski definition) is 4. The first-order valence-corrected chi connectivity index (χ1v) is 7.92. The molecule has 2 fully saturated rings. The van der Waals surface area contributed by atoms with Crippen molar-refractivity contribution in [1.82, 2.24) is 25.4 Å². The summed E-state index contributed by atoms with van der Waals surface area (Å²) in [6, 6.07) is 0.812. The van der Waals surface area contributed by atoms with Gasteiger partial charge in [0.25, 0.3) is 5.91 Å². The lowest BCUT2D eigenvalue weighted by molar-refractivity contribution is 0.0716. The zero-order valence-electron chi connectivity index (χ0n) is 13.1. The summed E-state index contributed by atoms with van der Waals surface area (Å²) in [6.45, 7) is 8.02. The molecule has 2 heterocycles. The van der Waals surface area contributed by atoms with E-state index in [0.29, 0.717) is 17.9 Å². The van der Waals surface area contributed by atoms with Crippen molar-refractivity contribution >= 4 is 5.91 Å². The van der Waals surface area contributed by atoms with Crippen LogP contribution in [0.2, 0.25) is 0 Å². The summed E-state index contributed by atoms with van der Waals surface area (Å²) in [7, 11) is 0. The number of aromatic amines is 1. The van der Waals surface area contributed by atoms with Gasteiger partial charge in [-0.2, -0.15) is 0 Å². The number of carbonyl (C=O) groups is 1. The molecule has 6 nitrogen and oxygen atoms in total. The van der Waals surface area contributed by atoms with Crippen LogP contribution in [0, 0.1) is 0 Å². The summed E-state index contributed by atoms with van der Waals surface area (Å²) in [5, 5.41) is 10.5. The normalized spacial score (nSPS) is 22.5. The summed E-state index contributed by atoms with van der Waals surface area (Å²) in [4.78, 5) is 19.1. The first-order chi connectivity index (χ1) is 9.95. The highest BCUT2D eigenvalue weighted by Crippen LogP contribution is 2.29. The van der Waals surface area contributed by atoms with E-state index < -0.39 is 0 Å². The van der Waals surface area contributed by atoms with Gasteiger partial charge in [0.1, 0.15) is 5.82 Å². The molecule has 2 N–H and O–H groups in total. The van der Waals surface area contributed by atoms with Crippen LogP contribution in [0.5, 0.6) is 0 Å². The summed E-state index contributed by atoms with van der Waals surface area (Å²) in [5.41, 5.74) is -0.122. The third-order valence-corrected chi connectivity index (χ3v) is 4.22. The van der Waals surface area contributed by atoms with Crippen LogP contribution >= 0.6 is 0 Å². The molecule has 3 rings (SSSR count). The highest BCUT2D eigenvalue weighted by molar-refractivity contribution is 5.91. The molecule has 1 aromatic heterocycles. The van der Waals surface area contributed by atoms with Crippen molar-refractivity contribution in [3.63, 3.8) is 0 Å². The number of amides is 1. The van der Waals surface area contributed by atoms with E-state index in [4.69, 9.17) is 0 Å². The predicted molar refractivity (Wildman–Crippen MR) is 80.2 cm³/mol. The molecule has 6 heteroatoms. The van der Waals surface area contributed by atoms with Gasteiger partial charge >= 0.3 is 0 Å². The quantitative estimate of drug-likeness (QED) is 0.881. The third-order valence-electron chi connectivity index (χ3n) is 4.22. The zero-order chi connectivity index (χ0) is 15.0. The first-order valence-electron chi connectivity index (χ1n) is 7.92. The Balaban J connectivity index is 1.72. The molecular formula is C15H25N5O. The number of nitrogens with zero attached hydrogens (tertiary/aromatic N) is 3. The molecule has 1 aliphatic carbocycles. The fourth-order valence-corrected chi connectivity index (χ4v) is 2.76. The SMILES string of the molecule is CC(C)(C)c1nc(C(=O)N(CC2CCCN2)C2CC2)n[nH]1. The minimum absolute atomic E-state index is 0.0297. The molecule has 0 radical (unpaired) electrons. The van der Waals surface area contributed by atoms with Gasteiger partial charge in [0.15, 0.2) is 0 Å². The van der Waals surface area contributed by atoms with Crippen molar-refractivity contribution in [2.24, 2.45) is 0 Å². The van der Waals surface area contributed by atoms with Crippen LogP contribution in [0.3, 0.4) is 0 Å². The maximum Gasteiger partial charge on any atom is 0.293 e. The standard InChI is InChI=1S/C15H25N5O/c1-15(2,3)14-17-12(18-19-14)13(21)20(11-6-7-11)9-10-5-4-8-16-10/h10-11,16H,4-9H2,1-3H3,(H,17,18,19). The average Bonchev–Trinajstić information content (AvgIpc) is 2.94. The predicted octanol–water partition coefficient (Wildman–Crippen LogP) is 1.46. The zero-order valence-corrected chi connectivity index (χ0v) is 13.1. The van der Waals surface area contributed by atoms with Gasteiger partial charge in [-0.1, -0.05) is 20.8 Å². The molecule has 2 aliphatic rings. The summed E-state index contributed by atoms with van der Waals surface area (Å²) < 4.78 is 0. The first kappa shape index (κ1) is 14.5.